The highest BCUT2D eigenvalue weighted by Gasteiger charge is 2.23. The standard InChI is InChI=1S/C32H30ClN7O6S/c1-17(35)31(41)45-15-24(46-32(42)18(2)36)14-43-23-10-6-19(7-11-23)26-25(12-34)30(40-28(37)27(26)38-3)47-16-22-13-44-29(39-22)20-4-8-21(33)9-5-20/h4-11,13,17-18,24H,14-16,35-36H2,1-2H3,(H2,37,40)/t17-,18-,24+/m1/s1. The number of anilines is 1. The summed E-state index contributed by atoms with van der Waals surface area (Å²) in [5.41, 5.74) is 19.7. The molecule has 4 rings (SSSR count). The molecule has 15 heteroatoms. The Kier molecular flexibility index (Phi) is 11.8. The molecule has 3 atom stereocenters. The molecule has 47 heavy (non-hydrogen) atoms. The van der Waals surface area contributed by atoms with Crippen molar-refractivity contribution in [2.24, 2.45) is 11.5 Å². The molecule has 13 nitrogen and oxygen atoms in total. The topological polar surface area (TPSA) is 207 Å². The first-order valence-corrected chi connectivity index (χ1v) is 15.4. The Morgan fingerprint density at radius 1 is 1.04 bits per heavy atom. The summed E-state index contributed by atoms with van der Waals surface area (Å²) in [7, 11) is 0. The summed E-state index contributed by atoms with van der Waals surface area (Å²) < 4.78 is 21.8. The number of hydrogen-bond donors (Lipinski definition) is 3. The summed E-state index contributed by atoms with van der Waals surface area (Å²) in [5.74, 6) is -0.291. The van der Waals surface area contributed by atoms with Gasteiger partial charge in [-0.1, -0.05) is 35.5 Å². The molecule has 4 aromatic rings. The maximum absolute atomic E-state index is 12.1. The molecule has 0 aliphatic heterocycles. The zero-order valence-electron chi connectivity index (χ0n) is 25.3. The Balaban J connectivity index is 1.52. The van der Waals surface area contributed by atoms with E-state index in [0.29, 0.717) is 44.3 Å². The molecule has 2 aromatic heterocycles. The molecule has 0 spiro atoms. The lowest BCUT2D eigenvalue weighted by Gasteiger charge is -2.20. The van der Waals surface area contributed by atoms with Gasteiger partial charge in [-0.2, -0.15) is 5.26 Å². The average molecular weight is 676 g/mol. The van der Waals surface area contributed by atoms with Crippen molar-refractivity contribution in [1.82, 2.24) is 9.97 Å². The van der Waals surface area contributed by atoms with Crippen molar-refractivity contribution in [2.45, 2.75) is 42.8 Å². The van der Waals surface area contributed by atoms with Gasteiger partial charge < -0.3 is 35.8 Å². The maximum Gasteiger partial charge on any atom is 0.323 e. The van der Waals surface area contributed by atoms with Gasteiger partial charge in [-0.15, -0.1) is 0 Å². The van der Waals surface area contributed by atoms with E-state index in [1.54, 1.807) is 48.5 Å². The molecular formula is C32H30ClN7O6S. The lowest BCUT2D eigenvalue weighted by Crippen LogP contribution is -2.38. The first-order chi connectivity index (χ1) is 22.5. The highest BCUT2D eigenvalue weighted by Crippen LogP contribution is 2.42. The minimum absolute atomic E-state index is 0.0287. The van der Waals surface area contributed by atoms with Crippen LogP contribution in [0.1, 0.15) is 25.1 Å². The minimum Gasteiger partial charge on any atom is -0.490 e. The summed E-state index contributed by atoms with van der Waals surface area (Å²) in [6.07, 6.45) is 0.561. The number of carbonyl (C=O) groups is 2. The number of oxazole rings is 1. The van der Waals surface area contributed by atoms with Crippen LogP contribution in [0, 0.1) is 17.9 Å². The monoisotopic (exact) mass is 675 g/mol. The molecule has 0 unspecified atom stereocenters. The van der Waals surface area contributed by atoms with Crippen molar-refractivity contribution in [3.05, 3.63) is 82.5 Å². The van der Waals surface area contributed by atoms with Crippen LogP contribution in [0.5, 0.6) is 5.75 Å². The van der Waals surface area contributed by atoms with Crippen LogP contribution in [0.4, 0.5) is 11.5 Å². The molecule has 0 saturated carbocycles. The van der Waals surface area contributed by atoms with Crippen molar-refractivity contribution in [3.8, 4) is 34.4 Å². The number of nitrogen functional groups attached to an aromatic ring is 1. The Labute approximate surface area is 279 Å². The van der Waals surface area contributed by atoms with Gasteiger partial charge in [0.15, 0.2) is 6.10 Å². The second kappa shape index (κ2) is 15.9. The second-order valence-electron chi connectivity index (χ2n) is 10.2. The van der Waals surface area contributed by atoms with E-state index in [4.69, 9.17) is 54.0 Å². The molecule has 242 valence electrons. The third-order valence-corrected chi connectivity index (χ3v) is 7.67. The molecule has 0 radical (unpaired) electrons. The number of esters is 2. The molecule has 0 aliphatic carbocycles. The molecule has 0 bridgehead atoms. The van der Waals surface area contributed by atoms with Gasteiger partial charge in [-0.05, 0) is 55.8 Å². The highest BCUT2D eigenvalue weighted by molar-refractivity contribution is 7.98. The van der Waals surface area contributed by atoms with Gasteiger partial charge in [-0.25, -0.2) is 14.8 Å². The van der Waals surface area contributed by atoms with Gasteiger partial charge in [0.05, 0.1) is 17.8 Å². The number of pyridine rings is 1. The number of aromatic nitrogens is 2. The predicted octanol–water partition coefficient (Wildman–Crippen LogP) is 4.88. The van der Waals surface area contributed by atoms with Crippen LogP contribution in [-0.4, -0.2) is 53.3 Å². The number of nitriles is 1. The van der Waals surface area contributed by atoms with Crippen LogP contribution in [0.3, 0.4) is 0 Å². The van der Waals surface area contributed by atoms with E-state index in [2.05, 4.69) is 20.9 Å². The van der Waals surface area contributed by atoms with Crippen LogP contribution < -0.4 is 21.9 Å². The van der Waals surface area contributed by atoms with Gasteiger partial charge >= 0.3 is 11.9 Å². The first-order valence-electron chi connectivity index (χ1n) is 14.1. The van der Waals surface area contributed by atoms with E-state index in [9.17, 15) is 14.9 Å². The number of nitrogens with zero attached hydrogens (tertiary/aromatic N) is 4. The summed E-state index contributed by atoms with van der Waals surface area (Å²) in [6, 6.07) is 14.0. The second-order valence-corrected chi connectivity index (χ2v) is 11.6. The smallest absolute Gasteiger partial charge is 0.323 e. The third kappa shape index (κ3) is 9.00. The predicted molar refractivity (Wildman–Crippen MR) is 175 cm³/mol. The molecule has 0 amide bonds. The maximum atomic E-state index is 12.1. The average Bonchev–Trinajstić information content (AvgIpc) is 3.54. The van der Waals surface area contributed by atoms with E-state index in [1.165, 1.54) is 31.9 Å². The number of carbonyl (C=O) groups excluding carboxylic acids is 2. The van der Waals surface area contributed by atoms with Crippen LogP contribution >= 0.6 is 23.4 Å². The lowest BCUT2D eigenvalue weighted by molar-refractivity contribution is -0.162. The number of thioether (sulfide) groups is 1. The van der Waals surface area contributed by atoms with E-state index >= 15 is 0 Å². The molecule has 0 aliphatic rings. The Morgan fingerprint density at radius 2 is 1.70 bits per heavy atom. The highest BCUT2D eigenvalue weighted by atomic mass is 35.5. The van der Waals surface area contributed by atoms with Crippen LogP contribution in [-0.2, 0) is 24.8 Å². The van der Waals surface area contributed by atoms with E-state index in [0.717, 1.165) is 5.56 Å². The van der Waals surface area contributed by atoms with Crippen molar-refractivity contribution >= 4 is 46.8 Å². The largest absolute Gasteiger partial charge is 0.490 e. The zero-order valence-corrected chi connectivity index (χ0v) is 26.9. The van der Waals surface area contributed by atoms with Crippen molar-refractivity contribution < 1.29 is 28.2 Å². The third-order valence-electron chi connectivity index (χ3n) is 6.41. The summed E-state index contributed by atoms with van der Waals surface area (Å²) in [4.78, 5) is 36.3. The van der Waals surface area contributed by atoms with Gasteiger partial charge in [0.25, 0.3) is 0 Å². The lowest BCUT2D eigenvalue weighted by atomic mass is 10.00. The number of nitrogens with two attached hydrogens (primary N) is 3. The van der Waals surface area contributed by atoms with Crippen molar-refractivity contribution in [2.75, 3.05) is 18.9 Å². The number of halogens is 1. The molecule has 2 heterocycles. The molecule has 0 fully saturated rings. The van der Waals surface area contributed by atoms with Gasteiger partial charge in [0, 0.05) is 21.9 Å². The first kappa shape index (κ1) is 34.7. The Bertz CT molecular complexity index is 1820. The van der Waals surface area contributed by atoms with Gasteiger partial charge in [0.1, 0.15) is 54.2 Å². The number of rotatable bonds is 13. The van der Waals surface area contributed by atoms with Crippen LogP contribution in [0.25, 0.3) is 27.4 Å². The van der Waals surface area contributed by atoms with E-state index < -0.39 is 30.1 Å². The minimum atomic E-state index is -0.957. The van der Waals surface area contributed by atoms with E-state index in [-0.39, 0.29) is 30.3 Å². The molecular weight excluding hydrogens is 646 g/mol. The summed E-state index contributed by atoms with van der Waals surface area (Å²) in [6.45, 7) is 10.2. The number of hydrogen-bond acceptors (Lipinski definition) is 13. The normalized spacial score (nSPS) is 12.7. The van der Waals surface area contributed by atoms with Crippen molar-refractivity contribution in [3.63, 3.8) is 0 Å². The fourth-order valence-electron chi connectivity index (χ4n) is 4.02. The number of benzene rings is 2. The number of ether oxygens (including phenoxy) is 3. The zero-order chi connectivity index (χ0) is 34.1. The van der Waals surface area contributed by atoms with Crippen LogP contribution in [0.15, 0.2) is 64.2 Å². The molecule has 6 N–H and O–H groups in total. The van der Waals surface area contributed by atoms with Gasteiger partial charge in [0.2, 0.25) is 11.6 Å². The van der Waals surface area contributed by atoms with Crippen LogP contribution in [0.2, 0.25) is 5.02 Å². The molecule has 2 aromatic carbocycles. The Morgan fingerprint density at radius 3 is 2.32 bits per heavy atom. The summed E-state index contributed by atoms with van der Waals surface area (Å²) in [5, 5.41) is 11.1. The Hall–Kier alpha value is -5.12. The van der Waals surface area contributed by atoms with E-state index in [1.807, 2.05) is 0 Å². The quantitative estimate of drug-likeness (QED) is 0.0982. The fraction of sp³-hybridized carbons (Fsp3) is 0.250. The SMILES string of the molecule is [C-]#[N+]c1c(N)nc(SCc2coc(-c3ccc(Cl)cc3)n2)c(C#N)c1-c1ccc(OC[C@@H](COC(=O)[C@@H](C)N)OC(=O)[C@@H](C)N)cc1. The fourth-order valence-corrected chi connectivity index (χ4v) is 5.01. The van der Waals surface area contributed by atoms with Crippen molar-refractivity contribution in [1.29, 1.82) is 5.26 Å². The van der Waals surface area contributed by atoms with Gasteiger partial charge in [-0.3, -0.25) is 9.59 Å². The molecule has 0 saturated heterocycles. The summed E-state index contributed by atoms with van der Waals surface area (Å²) >= 11 is 7.20.